The molecule has 0 radical (unpaired) electrons. The highest BCUT2D eigenvalue weighted by Gasteiger charge is 2.21. The first kappa shape index (κ1) is 17.3. The molecular formula is C18H18O6. The molecule has 126 valence electrons. The second kappa shape index (κ2) is 7.50. The van der Waals surface area contributed by atoms with Crippen LogP contribution in [0, 0.1) is 0 Å². The van der Waals surface area contributed by atoms with Gasteiger partial charge in [-0.3, -0.25) is 9.59 Å². The molecule has 0 aromatic heterocycles. The highest BCUT2D eigenvalue weighted by atomic mass is 16.5. The van der Waals surface area contributed by atoms with Gasteiger partial charge in [0.1, 0.15) is 11.5 Å². The van der Waals surface area contributed by atoms with E-state index in [-0.39, 0.29) is 11.1 Å². The van der Waals surface area contributed by atoms with Crippen molar-refractivity contribution in [2.45, 2.75) is 0 Å². The van der Waals surface area contributed by atoms with E-state index in [0.29, 0.717) is 23.0 Å². The van der Waals surface area contributed by atoms with Crippen molar-refractivity contribution in [3.05, 3.63) is 47.5 Å². The number of hydrogen-bond acceptors (Lipinski definition) is 6. The second-order valence-electron chi connectivity index (χ2n) is 4.83. The van der Waals surface area contributed by atoms with Crippen LogP contribution in [0.25, 0.3) is 0 Å². The first-order chi connectivity index (χ1) is 11.5. The first-order valence-corrected chi connectivity index (χ1v) is 7.08. The van der Waals surface area contributed by atoms with Gasteiger partial charge in [-0.15, -0.1) is 0 Å². The van der Waals surface area contributed by atoms with Crippen LogP contribution in [0.5, 0.6) is 23.0 Å². The van der Waals surface area contributed by atoms with Gasteiger partial charge in [0.05, 0.1) is 28.4 Å². The Morgan fingerprint density at radius 1 is 0.625 bits per heavy atom. The van der Waals surface area contributed by atoms with E-state index in [4.69, 9.17) is 18.9 Å². The van der Waals surface area contributed by atoms with Gasteiger partial charge < -0.3 is 18.9 Å². The summed E-state index contributed by atoms with van der Waals surface area (Å²) in [4.78, 5) is 25.0. The fraction of sp³-hybridized carbons (Fsp3) is 0.222. The number of rotatable bonds is 7. The monoisotopic (exact) mass is 330 g/mol. The number of ether oxygens (including phenoxy) is 4. The van der Waals surface area contributed by atoms with Crippen LogP contribution in [0.4, 0.5) is 0 Å². The van der Waals surface area contributed by atoms with Crippen molar-refractivity contribution in [3.63, 3.8) is 0 Å². The van der Waals surface area contributed by atoms with Gasteiger partial charge in [0.25, 0.3) is 0 Å². The third kappa shape index (κ3) is 3.48. The van der Waals surface area contributed by atoms with Crippen molar-refractivity contribution in [1.82, 2.24) is 0 Å². The Balaban J connectivity index is 2.38. The lowest BCUT2D eigenvalue weighted by molar-refractivity contribution is 0.0816. The quantitative estimate of drug-likeness (QED) is 0.574. The van der Waals surface area contributed by atoms with E-state index in [9.17, 15) is 9.59 Å². The molecule has 2 aromatic carbocycles. The molecule has 0 unspecified atom stereocenters. The van der Waals surface area contributed by atoms with Gasteiger partial charge in [-0.25, -0.2) is 0 Å². The summed E-state index contributed by atoms with van der Waals surface area (Å²) in [5, 5.41) is 0. The van der Waals surface area contributed by atoms with Crippen LogP contribution >= 0.6 is 0 Å². The minimum Gasteiger partial charge on any atom is -0.497 e. The highest BCUT2D eigenvalue weighted by Crippen LogP contribution is 2.29. The molecule has 0 aliphatic heterocycles. The molecular weight excluding hydrogens is 312 g/mol. The Morgan fingerprint density at radius 3 is 1.67 bits per heavy atom. The summed E-state index contributed by atoms with van der Waals surface area (Å²) in [5.74, 6) is 0.380. The number of carbonyl (C=O) groups excluding carboxylic acids is 2. The van der Waals surface area contributed by atoms with Crippen molar-refractivity contribution in [3.8, 4) is 23.0 Å². The van der Waals surface area contributed by atoms with Crippen molar-refractivity contribution < 1.29 is 28.5 Å². The normalized spacial score (nSPS) is 10.0. The molecule has 2 aromatic rings. The SMILES string of the molecule is COc1cc(OC)cc(C(=O)C(=O)c2ccc(OC)c(OC)c2)c1. The predicted molar refractivity (Wildman–Crippen MR) is 87.8 cm³/mol. The van der Waals surface area contributed by atoms with Crippen molar-refractivity contribution in [1.29, 1.82) is 0 Å². The molecule has 2 rings (SSSR count). The molecule has 24 heavy (non-hydrogen) atoms. The van der Waals surface area contributed by atoms with E-state index in [0.717, 1.165) is 0 Å². The Morgan fingerprint density at radius 2 is 1.17 bits per heavy atom. The maximum absolute atomic E-state index is 12.5. The standard InChI is InChI=1S/C18H18O6/c1-21-13-7-12(8-14(10-13)22-2)18(20)17(19)11-5-6-15(23-3)16(9-11)24-4/h5-10H,1-4H3. The summed E-state index contributed by atoms with van der Waals surface area (Å²) in [6.45, 7) is 0. The lowest BCUT2D eigenvalue weighted by atomic mass is 10.0. The first-order valence-electron chi connectivity index (χ1n) is 7.08. The number of methoxy groups -OCH3 is 4. The van der Waals surface area contributed by atoms with Crippen LogP contribution in [0.3, 0.4) is 0 Å². The molecule has 6 nitrogen and oxygen atoms in total. The van der Waals surface area contributed by atoms with Crippen LogP contribution in [0.2, 0.25) is 0 Å². The third-order valence-electron chi connectivity index (χ3n) is 3.47. The van der Waals surface area contributed by atoms with Crippen LogP contribution in [0.15, 0.2) is 36.4 Å². The molecule has 0 N–H and O–H groups in total. The molecule has 0 fully saturated rings. The topological polar surface area (TPSA) is 71.1 Å². The summed E-state index contributed by atoms with van der Waals surface area (Å²) in [7, 11) is 5.90. The zero-order chi connectivity index (χ0) is 17.7. The molecule has 0 amide bonds. The predicted octanol–water partition coefficient (Wildman–Crippen LogP) is 2.79. The Hall–Kier alpha value is -3.02. The molecule has 0 aliphatic rings. The van der Waals surface area contributed by atoms with Crippen molar-refractivity contribution in [2.24, 2.45) is 0 Å². The lowest BCUT2D eigenvalue weighted by Crippen LogP contribution is -2.15. The van der Waals surface area contributed by atoms with E-state index < -0.39 is 11.6 Å². The molecule has 0 saturated carbocycles. The van der Waals surface area contributed by atoms with Crippen LogP contribution in [-0.4, -0.2) is 40.0 Å². The Labute approximate surface area is 139 Å². The summed E-state index contributed by atoms with van der Waals surface area (Å²) >= 11 is 0. The van der Waals surface area contributed by atoms with Gasteiger partial charge in [0.2, 0.25) is 11.6 Å². The average Bonchev–Trinajstić information content (AvgIpc) is 2.65. The summed E-state index contributed by atoms with van der Waals surface area (Å²) in [5.41, 5.74) is 0.394. The molecule has 0 heterocycles. The van der Waals surface area contributed by atoms with Gasteiger partial charge >= 0.3 is 0 Å². The van der Waals surface area contributed by atoms with E-state index in [2.05, 4.69) is 0 Å². The zero-order valence-corrected chi connectivity index (χ0v) is 13.9. The Kier molecular flexibility index (Phi) is 5.42. The Bertz CT molecular complexity index is 744. The summed E-state index contributed by atoms with van der Waals surface area (Å²) < 4.78 is 20.5. The van der Waals surface area contributed by atoms with Gasteiger partial charge in [0.15, 0.2) is 11.5 Å². The van der Waals surface area contributed by atoms with E-state index in [1.54, 1.807) is 12.1 Å². The maximum Gasteiger partial charge on any atom is 0.233 e. The number of hydrogen-bond donors (Lipinski definition) is 0. The fourth-order valence-electron chi connectivity index (χ4n) is 2.18. The molecule has 0 atom stereocenters. The minimum absolute atomic E-state index is 0.186. The number of Topliss-reactive ketones (excluding diaryl/α,β-unsaturated/α-hetero) is 2. The van der Waals surface area contributed by atoms with Gasteiger partial charge in [-0.05, 0) is 30.3 Å². The highest BCUT2D eigenvalue weighted by molar-refractivity contribution is 6.49. The second-order valence-corrected chi connectivity index (χ2v) is 4.83. The largest absolute Gasteiger partial charge is 0.497 e. The van der Waals surface area contributed by atoms with E-state index in [1.165, 1.54) is 52.7 Å². The van der Waals surface area contributed by atoms with Crippen LogP contribution in [0.1, 0.15) is 20.7 Å². The zero-order valence-electron chi connectivity index (χ0n) is 13.9. The summed E-state index contributed by atoms with van der Waals surface area (Å²) in [6.07, 6.45) is 0. The van der Waals surface area contributed by atoms with Gasteiger partial charge in [0, 0.05) is 17.2 Å². The molecule has 0 aliphatic carbocycles. The van der Waals surface area contributed by atoms with Crippen molar-refractivity contribution >= 4 is 11.6 Å². The maximum atomic E-state index is 12.5. The summed E-state index contributed by atoms with van der Waals surface area (Å²) in [6, 6.07) is 9.16. The van der Waals surface area contributed by atoms with E-state index >= 15 is 0 Å². The van der Waals surface area contributed by atoms with Gasteiger partial charge in [-0.1, -0.05) is 0 Å². The van der Waals surface area contributed by atoms with E-state index in [1.807, 2.05) is 0 Å². The smallest absolute Gasteiger partial charge is 0.233 e. The van der Waals surface area contributed by atoms with Crippen molar-refractivity contribution in [2.75, 3.05) is 28.4 Å². The lowest BCUT2D eigenvalue weighted by Gasteiger charge is -2.10. The molecule has 6 heteroatoms. The average molecular weight is 330 g/mol. The van der Waals surface area contributed by atoms with Crippen LogP contribution in [-0.2, 0) is 0 Å². The number of carbonyl (C=O) groups is 2. The molecule has 0 spiro atoms. The molecule has 0 saturated heterocycles. The third-order valence-corrected chi connectivity index (χ3v) is 3.47. The molecule has 0 bridgehead atoms. The van der Waals surface area contributed by atoms with Gasteiger partial charge in [-0.2, -0.15) is 0 Å². The minimum atomic E-state index is -0.667. The van der Waals surface area contributed by atoms with Crippen LogP contribution < -0.4 is 18.9 Å². The number of ketones is 2. The fourth-order valence-corrected chi connectivity index (χ4v) is 2.18. The number of benzene rings is 2.